The lowest BCUT2D eigenvalue weighted by Crippen LogP contribution is -2.61. The molecule has 0 spiro atoms. The van der Waals surface area contributed by atoms with E-state index in [1.54, 1.807) is 18.4 Å². The van der Waals surface area contributed by atoms with E-state index in [1.807, 2.05) is 71.6 Å². The summed E-state index contributed by atoms with van der Waals surface area (Å²) in [5.41, 5.74) is 3.90. The Bertz CT molecular complexity index is 2050. The Morgan fingerprint density at radius 2 is 1.35 bits per heavy atom. The van der Waals surface area contributed by atoms with Crippen LogP contribution in [0.25, 0.3) is 42.3 Å². The van der Waals surface area contributed by atoms with Crippen LogP contribution < -0.4 is 14.4 Å². The molecule has 1 saturated heterocycles. The average molecular weight is 579 g/mol. The molecule has 5 nitrogen and oxygen atoms in total. The highest BCUT2D eigenvalue weighted by Gasteiger charge is 2.52. The number of carbonyl (C=O) groups excluding carboxylic acids is 1. The second kappa shape index (κ2) is 10.3. The summed E-state index contributed by atoms with van der Waals surface area (Å²) < 4.78 is 13.1. The number of anilines is 1. The molecule has 2 atom stereocenters. The van der Waals surface area contributed by atoms with Gasteiger partial charge in [0, 0.05) is 11.3 Å². The molecule has 0 unspecified atom stereocenters. The number of methoxy groups -OCH3 is 1. The fourth-order valence-corrected chi connectivity index (χ4v) is 7.05. The summed E-state index contributed by atoms with van der Waals surface area (Å²) in [4.78, 5) is 20.6. The van der Waals surface area contributed by atoms with Crippen LogP contribution in [0.1, 0.15) is 11.6 Å². The molecule has 208 valence electrons. The maximum atomic E-state index is 13.9. The minimum atomic E-state index is -0.690. The molecular formula is C37H26N2O3S. The molecule has 1 fully saturated rings. The minimum Gasteiger partial charge on any atom is -0.497 e. The summed E-state index contributed by atoms with van der Waals surface area (Å²) in [6, 6.07) is 42.3. The summed E-state index contributed by atoms with van der Waals surface area (Å²) in [5, 5.41) is 5.43. The number of fused-ring (bicyclic) bond motifs is 3. The van der Waals surface area contributed by atoms with Gasteiger partial charge in [0.2, 0.25) is 6.10 Å². The number of carbonyl (C=O) groups is 1. The second-order valence-corrected chi connectivity index (χ2v) is 11.7. The Morgan fingerprint density at radius 3 is 2.02 bits per heavy atom. The Balaban J connectivity index is 1.20. The van der Waals surface area contributed by atoms with Crippen molar-refractivity contribution in [1.82, 2.24) is 4.98 Å². The Hall–Kier alpha value is -5.20. The zero-order valence-electron chi connectivity index (χ0n) is 23.3. The monoisotopic (exact) mass is 578 g/mol. The van der Waals surface area contributed by atoms with Gasteiger partial charge < -0.3 is 9.47 Å². The number of rotatable bonds is 6. The predicted molar refractivity (Wildman–Crippen MR) is 174 cm³/mol. The Labute approximate surface area is 252 Å². The summed E-state index contributed by atoms with van der Waals surface area (Å²) in [6.07, 6.45) is -0.690. The van der Waals surface area contributed by atoms with Crippen LogP contribution in [0.15, 0.2) is 127 Å². The third-order valence-corrected chi connectivity index (χ3v) is 9.25. The van der Waals surface area contributed by atoms with Crippen molar-refractivity contribution in [2.45, 2.75) is 12.1 Å². The largest absolute Gasteiger partial charge is 0.497 e. The van der Waals surface area contributed by atoms with Gasteiger partial charge in [-0.15, -0.1) is 11.3 Å². The van der Waals surface area contributed by atoms with E-state index in [1.165, 1.54) is 0 Å². The molecule has 0 bridgehead atoms. The van der Waals surface area contributed by atoms with Crippen molar-refractivity contribution < 1.29 is 14.3 Å². The average Bonchev–Trinajstić information content (AvgIpc) is 3.50. The van der Waals surface area contributed by atoms with Gasteiger partial charge in [0.05, 0.1) is 17.3 Å². The summed E-state index contributed by atoms with van der Waals surface area (Å²) in [5.74, 6) is 1.31. The van der Waals surface area contributed by atoms with E-state index in [9.17, 15) is 4.79 Å². The first-order valence-corrected chi connectivity index (χ1v) is 15.0. The molecule has 1 amide bonds. The van der Waals surface area contributed by atoms with Crippen LogP contribution in [0.3, 0.4) is 0 Å². The van der Waals surface area contributed by atoms with Gasteiger partial charge in [0.1, 0.15) is 22.5 Å². The number of hydrogen-bond acceptors (Lipinski definition) is 5. The fraction of sp³-hybridized carbons (Fsp3) is 0.0811. The third-order valence-electron chi connectivity index (χ3n) is 8.16. The van der Waals surface area contributed by atoms with Gasteiger partial charge in [-0.1, -0.05) is 60.7 Å². The molecule has 43 heavy (non-hydrogen) atoms. The smallest absolute Gasteiger partial charge is 0.271 e. The van der Waals surface area contributed by atoms with Crippen molar-refractivity contribution in [3.05, 3.63) is 133 Å². The van der Waals surface area contributed by atoms with Gasteiger partial charge in [-0.3, -0.25) is 9.69 Å². The molecule has 6 aromatic carbocycles. The molecule has 0 N–H and O–H groups in total. The number of amides is 1. The van der Waals surface area contributed by atoms with E-state index < -0.39 is 6.10 Å². The fourth-order valence-electron chi connectivity index (χ4n) is 6.07. The standard InChI is InChI=1S/C37H26N2O3S/c1-41-27-20-16-26(17-21-27)39-34(33-29-10-4-2-8-24(29)22-25-9-3-5-11-30(25)33)35(37(39)40)42-28-18-14-23(15-19-28)36-38-31-12-6-7-13-32(31)43-36/h2-22,34-35H,1H3/t34-,35+/m0/s1. The molecule has 1 aliphatic heterocycles. The van der Waals surface area contributed by atoms with Crippen molar-refractivity contribution in [2.24, 2.45) is 0 Å². The number of para-hydroxylation sites is 1. The minimum absolute atomic E-state index is 0.0811. The van der Waals surface area contributed by atoms with E-state index in [2.05, 4.69) is 60.7 Å². The highest BCUT2D eigenvalue weighted by atomic mass is 32.1. The molecule has 8 rings (SSSR count). The number of ether oxygens (including phenoxy) is 2. The first kappa shape index (κ1) is 25.5. The molecule has 6 heteroatoms. The van der Waals surface area contributed by atoms with Crippen molar-refractivity contribution >= 4 is 54.7 Å². The lowest BCUT2D eigenvalue weighted by atomic mass is 9.83. The van der Waals surface area contributed by atoms with Crippen LogP contribution in [0.2, 0.25) is 0 Å². The molecule has 7 aromatic rings. The van der Waals surface area contributed by atoms with Crippen molar-refractivity contribution in [2.75, 3.05) is 12.0 Å². The number of nitrogens with zero attached hydrogens (tertiary/aromatic N) is 2. The normalized spacial score (nSPS) is 16.5. The summed E-state index contributed by atoms with van der Waals surface area (Å²) in [6.45, 7) is 0. The van der Waals surface area contributed by atoms with Crippen LogP contribution in [0, 0.1) is 0 Å². The maximum Gasteiger partial charge on any atom is 0.271 e. The molecule has 1 aliphatic rings. The predicted octanol–water partition coefficient (Wildman–Crippen LogP) is 8.81. The molecule has 2 heterocycles. The summed E-state index contributed by atoms with van der Waals surface area (Å²) in [7, 11) is 1.64. The van der Waals surface area contributed by atoms with Gasteiger partial charge in [-0.05, 0) is 93.8 Å². The highest BCUT2D eigenvalue weighted by molar-refractivity contribution is 7.21. The molecule has 0 radical (unpaired) electrons. The van der Waals surface area contributed by atoms with Gasteiger partial charge in [0.25, 0.3) is 5.91 Å². The van der Waals surface area contributed by atoms with Crippen LogP contribution in [0.4, 0.5) is 5.69 Å². The maximum absolute atomic E-state index is 13.9. The van der Waals surface area contributed by atoms with E-state index in [-0.39, 0.29) is 11.9 Å². The van der Waals surface area contributed by atoms with E-state index in [4.69, 9.17) is 14.5 Å². The molecule has 0 saturated carbocycles. The molecular weight excluding hydrogens is 552 g/mol. The SMILES string of the molecule is COc1ccc(N2C(=O)[C@H](Oc3ccc(-c4nc5ccccc5s4)cc3)[C@@H]2c2c3ccccc3cc3ccccc23)cc1. The van der Waals surface area contributed by atoms with Crippen LogP contribution in [-0.4, -0.2) is 24.1 Å². The number of hydrogen-bond donors (Lipinski definition) is 0. The highest BCUT2D eigenvalue weighted by Crippen LogP contribution is 2.46. The summed E-state index contributed by atoms with van der Waals surface area (Å²) >= 11 is 1.66. The number of benzene rings is 6. The van der Waals surface area contributed by atoms with Crippen LogP contribution >= 0.6 is 11.3 Å². The zero-order chi connectivity index (χ0) is 28.9. The number of thiazole rings is 1. The van der Waals surface area contributed by atoms with E-state index in [0.29, 0.717) is 5.75 Å². The van der Waals surface area contributed by atoms with Crippen LogP contribution in [-0.2, 0) is 4.79 Å². The van der Waals surface area contributed by atoms with E-state index in [0.717, 1.165) is 59.3 Å². The van der Waals surface area contributed by atoms with E-state index >= 15 is 0 Å². The van der Waals surface area contributed by atoms with Gasteiger partial charge in [-0.2, -0.15) is 0 Å². The zero-order valence-corrected chi connectivity index (χ0v) is 24.1. The molecule has 0 aliphatic carbocycles. The quantitative estimate of drug-likeness (QED) is 0.146. The number of β-lactam (4-membered cyclic amide) rings is 1. The second-order valence-electron chi connectivity index (χ2n) is 10.6. The number of aromatic nitrogens is 1. The van der Waals surface area contributed by atoms with Crippen LogP contribution in [0.5, 0.6) is 11.5 Å². The van der Waals surface area contributed by atoms with Gasteiger partial charge in [0.15, 0.2) is 0 Å². The topological polar surface area (TPSA) is 51.7 Å². The van der Waals surface area contributed by atoms with Crippen molar-refractivity contribution in [3.8, 4) is 22.1 Å². The lowest BCUT2D eigenvalue weighted by molar-refractivity contribution is -0.134. The Kier molecular flexibility index (Phi) is 6.09. The molecule has 1 aromatic heterocycles. The van der Waals surface area contributed by atoms with Crippen molar-refractivity contribution in [1.29, 1.82) is 0 Å². The van der Waals surface area contributed by atoms with Gasteiger partial charge >= 0.3 is 0 Å². The van der Waals surface area contributed by atoms with Gasteiger partial charge in [-0.25, -0.2) is 4.98 Å². The van der Waals surface area contributed by atoms with Crippen molar-refractivity contribution in [3.63, 3.8) is 0 Å². The first-order chi connectivity index (χ1) is 21.2. The Morgan fingerprint density at radius 1 is 0.721 bits per heavy atom. The first-order valence-electron chi connectivity index (χ1n) is 14.2. The lowest BCUT2D eigenvalue weighted by Gasteiger charge is -2.47. The third kappa shape index (κ3) is 4.30.